The number of rotatable bonds is 6. The lowest BCUT2D eigenvalue weighted by Gasteiger charge is -2.10. The summed E-state index contributed by atoms with van der Waals surface area (Å²) in [4.78, 5) is 0. The molecule has 22 heavy (non-hydrogen) atoms. The van der Waals surface area contributed by atoms with Crippen LogP contribution in [0.1, 0.15) is 49.0 Å². The third-order valence-corrected chi connectivity index (χ3v) is 5.63. The van der Waals surface area contributed by atoms with Crippen molar-refractivity contribution in [1.82, 2.24) is 14.8 Å². The van der Waals surface area contributed by atoms with Gasteiger partial charge in [-0.2, -0.15) is 0 Å². The molecule has 2 aliphatic carbocycles. The van der Waals surface area contributed by atoms with Gasteiger partial charge in [-0.1, -0.05) is 27.7 Å². The Morgan fingerprint density at radius 1 is 1.27 bits per heavy atom. The summed E-state index contributed by atoms with van der Waals surface area (Å²) >= 11 is 5.29. The smallest absolute Gasteiger partial charge is 0.191 e. The quantitative estimate of drug-likeness (QED) is 0.690. The van der Waals surface area contributed by atoms with Gasteiger partial charge < -0.3 is 9.30 Å². The van der Waals surface area contributed by atoms with Crippen molar-refractivity contribution >= 4 is 27.7 Å². The van der Waals surface area contributed by atoms with Crippen LogP contribution in [0.15, 0.2) is 27.8 Å². The molecule has 0 bridgehead atoms. The lowest BCUT2D eigenvalue weighted by atomic mass is 10.2. The van der Waals surface area contributed by atoms with Gasteiger partial charge in [0.15, 0.2) is 5.16 Å². The summed E-state index contributed by atoms with van der Waals surface area (Å²) in [5.74, 6) is 3.64. The summed E-state index contributed by atoms with van der Waals surface area (Å²) in [6.45, 7) is 0. The van der Waals surface area contributed by atoms with Gasteiger partial charge >= 0.3 is 0 Å². The van der Waals surface area contributed by atoms with Crippen LogP contribution in [0.3, 0.4) is 0 Å². The van der Waals surface area contributed by atoms with E-state index in [-0.39, 0.29) is 0 Å². The summed E-state index contributed by atoms with van der Waals surface area (Å²) in [6.07, 6.45) is 5.08. The molecular formula is C16H18BrN3OS. The predicted molar refractivity (Wildman–Crippen MR) is 90.5 cm³/mol. The van der Waals surface area contributed by atoms with E-state index >= 15 is 0 Å². The zero-order chi connectivity index (χ0) is 15.1. The highest BCUT2D eigenvalue weighted by Crippen LogP contribution is 2.46. The first-order valence-corrected chi connectivity index (χ1v) is 9.44. The SMILES string of the molecule is COc1ccc(Br)cc1CSc1nnc(C2CC2)n1C1CC1. The molecule has 0 amide bonds. The van der Waals surface area contributed by atoms with Crippen LogP contribution in [0.4, 0.5) is 0 Å². The van der Waals surface area contributed by atoms with Gasteiger partial charge in [0, 0.05) is 27.7 Å². The zero-order valence-corrected chi connectivity index (χ0v) is 14.9. The average Bonchev–Trinajstić information content (AvgIpc) is 3.44. The number of nitrogens with zero attached hydrogens (tertiary/aromatic N) is 3. The molecule has 0 radical (unpaired) electrons. The fraction of sp³-hybridized carbons (Fsp3) is 0.500. The molecule has 4 rings (SSSR count). The first-order valence-electron chi connectivity index (χ1n) is 7.66. The second-order valence-electron chi connectivity index (χ2n) is 5.96. The van der Waals surface area contributed by atoms with Gasteiger partial charge in [-0.05, 0) is 43.9 Å². The van der Waals surface area contributed by atoms with E-state index in [0.717, 1.165) is 21.1 Å². The zero-order valence-electron chi connectivity index (χ0n) is 12.5. The van der Waals surface area contributed by atoms with Crippen LogP contribution in [0.2, 0.25) is 0 Å². The molecule has 0 saturated heterocycles. The molecule has 2 fully saturated rings. The van der Waals surface area contributed by atoms with Crippen molar-refractivity contribution in [3.8, 4) is 5.75 Å². The Morgan fingerprint density at radius 2 is 2.09 bits per heavy atom. The summed E-state index contributed by atoms with van der Waals surface area (Å²) in [6, 6.07) is 6.76. The van der Waals surface area contributed by atoms with Crippen molar-refractivity contribution in [3.63, 3.8) is 0 Å². The second-order valence-corrected chi connectivity index (χ2v) is 7.82. The van der Waals surface area contributed by atoms with E-state index in [1.165, 1.54) is 37.1 Å². The van der Waals surface area contributed by atoms with Gasteiger partial charge in [0.2, 0.25) is 0 Å². The van der Waals surface area contributed by atoms with Crippen molar-refractivity contribution in [2.24, 2.45) is 0 Å². The van der Waals surface area contributed by atoms with Crippen molar-refractivity contribution in [1.29, 1.82) is 0 Å². The van der Waals surface area contributed by atoms with E-state index in [9.17, 15) is 0 Å². The van der Waals surface area contributed by atoms with Crippen LogP contribution in [0.5, 0.6) is 5.75 Å². The van der Waals surface area contributed by atoms with Crippen LogP contribution in [0.25, 0.3) is 0 Å². The molecule has 2 aliphatic rings. The van der Waals surface area contributed by atoms with Gasteiger partial charge in [0.1, 0.15) is 11.6 Å². The van der Waals surface area contributed by atoms with Gasteiger partial charge in [-0.15, -0.1) is 10.2 Å². The van der Waals surface area contributed by atoms with E-state index in [4.69, 9.17) is 4.74 Å². The summed E-state index contributed by atoms with van der Waals surface area (Å²) in [5, 5.41) is 9.98. The average molecular weight is 380 g/mol. The normalized spacial score (nSPS) is 17.7. The number of thioether (sulfide) groups is 1. The first-order chi connectivity index (χ1) is 10.8. The third kappa shape index (κ3) is 2.91. The van der Waals surface area contributed by atoms with Crippen LogP contribution >= 0.6 is 27.7 Å². The molecular weight excluding hydrogens is 362 g/mol. The van der Waals surface area contributed by atoms with E-state index < -0.39 is 0 Å². The molecule has 1 aromatic carbocycles. The monoisotopic (exact) mass is 379 g/mol. The highest BCUT2D eigenvalue weighted by atomic mass is 79.9. The van der Waals surface area contributed by atoms with Crippen LogP contribution in [-0.4, -0.2) is 21.9 Å². The largest absolute Gasteiger partial charge is 0.496 e. The second kappa shape index (κ2) is 5.89. The number of ether oxygens (including phenoxy) is 1. The summed E-state index contributed by atoms with van der Waals surface area (Å²) < 4.78 is 8.93. The number of methoxy groups -OCH3 is 1. The molecule has 0 atom stereocenters. The Labute approximate surface area is 142 Å². The Hall–Kier alpha value is -1.01. The first kappa shape index (κ1) is 14.6. The Balaban J connectivity index is 1.56. The Morgan fingerprint density at radius 3 is 2.77 bits per heavy atom. The van der Waals surface area contributed by atoms with Crippen LogP contribution in [0, 0.1) is 0 Å². The third-order valence-electron chi connectivity index (χ3n) is 4.14. The Bertz CT molecular complexity index is 695. The van der Waals surface area contributed by atoms with Crippen LogP contribution < -0.4 is 4.74 Å². The molecule has 1 heterocycles. The number of benzene rings is 1. The van der Waals surface area contributed by atoms with E-state index in [1.54, 1.807) is 18.9 Å². The fourth-order valence-electron chi connectivity index (χ4n) is 2.68. The summed E-state index contributed by atoms with van der Waals surface area (Å²) in [5.41, 5.74) is 1.18. The molecule has 0 N–H and O–H groups in total. The minimum atomic E-state index is 0.637. The standard InChI is InChI=1S/C16H18BrN3OS/c1-21-14-7-4-12(17)8-11(14)9-22-16-19-18-15(10-2-3-10)20(16)13-5-6-13/h4,7-8,10,13H,2-3,5-6,9H2,1H3. The molecule has 4 nitrogen and oxygen atoms in total. The number of hydrogen-bond acceptors (Lipinski definition) is 4. The maximum Gasteiger partial charge on any atom is 0.191 e. The maximum atomic E-state index is 5.46. The highest BCUT2D eigenvalue weighted by Gasteiger charge is 2.36. The van der Waals surface area contributed by atoms with Gasteiger partial charge in [0.05, 0.1) is 7.11 Å². The van der Waals surface area contributed by atoms with E-state index in [1.807, 2.05) is 12.1 Å². The number of halogens is 1. The topological polar surface area (TPSA) is 39.9 Å². The lowest BCUT2D eigenvalue weighted by Crippen LogP contribution is -2.02. The minimum Gasteiger partial charge on any atom is -0.496 e. The van der Waals surface area contributed by atoms with E-state index in [0.29, 0.717) is 12.0 Å². The molecule has 116 valence electrons. The Kier molecular flexibility index (Phi) is 3.90. The van der Waals surface area contributed by atoms with Gasteiger partial charge in [-0.3, -0.25) is 0 Å². The van der Waals surface area contributed by atoms with Crippen LogP contribution in [-0.2, 0) is 5.75 Å². The lowest BCUT2D eigenvalue weighted by molar-refractivity contribution is 0.411. The van der Waals surface area contributed by atoms with E-state index in [2.05, 4.69) is 36.8 Å². The van der Waals surface area contributed by atoms with Gasteiger partial charge in [-0.25, -0.2) is 0 Å². The molecule has 0 spiro atoms. The maximum absolute atomic E-state index is 5.46. The molecule has 2 saturated carbocycles. The fourth-order valence-corrected chi connectivity index (χ4v) is 4.08. The predicted octanol–water partition coefficient (Wildman–Crippen LogP) is 4.55. The minimum absolute atomic E-state index is 0.637. The van der Waals surface area contributed by atoms with Gasteiger partial charge in [0.25, 0.3) is 0 Å². The van der Waals surface area contributed by atoms with Crippen molar-refractivity contribution in [2.45, 2.75) is 48.6 Å². The van der Waals surface area contributed by atoms with Crippen molar-refractivity contribution in [3.05, 3.63) is 34.1 Å². The summed E-state index contributed by atoms with van der Waals surface area (Å²) in [7, 11) is 1.72. The molecule has 2 aromatic rings. The number of aromatic nitrogens is 3. The molecule has 1 aromatic heterocycles. The van der Waals surface area contributed by atoms with Crippen molar-refractivity contribution in [2.75, 3.05) is 7.11 Å². The molecule has 0 aliphatic heterocycles. The molecule has 6 heteroatoms. The number of hydrogen-bond donors (Lipinski definition) is 0. The highest BCUT2D eigenvalue weighted by molar-refractivity contribution is 9.10. The molecule has 0 unspecified atom stereocenters. The van der Waals surface area contributed by atoms with Crippen molar-refractivity contribution < 1.29 is 4.74 Å².